The zero-order chi connectivity index (χ0) is 13.2. The molecule has 0 aliphatic carbocycles. The molecule has 1 N–H and O–H groups in total. The van der Waals surface area contributed by atoms with Gasteiger partial charge in [0.2, 0.25) is 0 Å². The van der Waals surface area contributed by atoms with Crippen LogP contribution >= 0.6 is 0 Å². The van der Waals surface area contributed by atoms with E-state index in [0.29, 0.717) is 0 Å². The Kier molecular flexibility index (Phi) is 4.06. The maximum absolute atomic E-state index is 9.79. The van der Waals surface area contributed by atoms with E-state index in [2.05, 4.69) is 10.0 Å². The van der Waals surface area contributed by atoms with Gasteiger partial charge >= 0.3 is 0 Å². The van der Waals surface area contributed by atoms with E-state index in [0.717, 1.165) is 0 Å². The Balaban J connectivity index is 1.93. The SMILES string of the molecule is CC1(C)OC2[C@H](OCCN=[N+]=[N-])OC[C@@H](O)[C@@H]2O1. The summed E-state index contributed by atoms with van der Waals surface area (Å²) in [6.45, 7) is 4.13. The van der Waals surface area contributed by atoms with Gasteiger partial charge in [-0.1, -0.05) is 5.11 Å². The lowest BCUT2D eigenvalue weighted by atomic mass is 10.1. The van der Waals surface area contributed by atoms with Crippen molar-refractivity contribution >= 4 is 0 Å². The summed E-state index contributed by atoms with van der Waals surface area (Å²) >= 11 is 0. The molecule has 0 bridgehead atoms. The number of aliphatic hydroxyl groups is 1. The minimum Gasteiger partial charge on any atom is -0.388 e. The Morgan fingerprint density at radius 1 is 1.44 bits per heavy atom. The lowest BCUT2D eigenvalue weighted by Crippen LogP contribution is -2.52. The van der Waals surface area contributed by atoms with Crippen LogP contribution in [-0.2, 0) is 18.9 Å². The van der Waals surface area contributed by atoms with E-state index in [1.807, 2.05) is 0 Å². The number of ether oxygens (including phenoxy) is 4. The summed E-state index contributed by atoms with van der Waals surface area (Å²) < 4.78 is 22.1. The van der Waals surface area contributed by atoms with Crippen molar-refractivity contribution in [2.75, 3.05) is 19.8 Å². The average molecular weight is 259 g/mol. The van der Waals surface area contributed by atoms with Crippen LogP contribution in [0.3, 0.4) is 0 Å². The van der Waals surface area contributed by atoms with E-state index in [1.165, 1.54) is 0 Å². The van der Waals surface area contributed by atoms with Gasteiger partial charge in [0, 0.05) is 11.5 Å². The molecule has 0 aromatic heterocycles. The van der Waals surface area contributed by atoms with Gasteiger partial charge in [0.25, 0.3) is 0 Å². The van der Waals surface area contributed by atoms with Gasteiger partial charge < -0.3 is 24.1 Å². The summed E-state index contributed by atoms with van der Waals surface area (Å²) in [5.74, 6) is -0.767. The van der Waals surface area contributed by atoms with Crippen LogP contribution in [0.25, 0.3) is 10.4 Å². The number of nitrogens with zero attached hydrogens (tertiary/aromatic N) is 3. The van der Waals surface area contributed by atoms with Crippen LogP contribution in [-0.4, -0.2) is 55.3 Å². The zero-order valence-corrected chi connectivity index (χ0v) is 10.4. The smallest absolute Gasteiger partial charge is 0.186 e. The summed E-state index contributed by atoms with van der Waals surface area (Å²) in [5, 5.41) is 13.2. The lowest BCUT2D eigenvalue weighted by Gasteiger charge is -2.34. The molecule has 8 heteroatoms. The average Bonchev–Trinajstić information content (AvgIpc) is 2.64. The Morgan fingerprint density at radius 3 is 2.89 bits per heavy atom. The molecule has 0 spiro atoms. The minimum atomic E-state index is -0.767. The quantitative estimate of drug-likeness (QED) is 0.343. The predicted octanol–water partition coefficient (Wildman–Crippen LogP) is 0.551. The maximum atomic E-state index is 9.79. The third kappa shape index (κ3) is 2.92. The summed E-state index contributed by atoms with van der Waals surface area (Å²) in [6, 6.07) is 0. The molecule has 0 amide bonds. The highest BCUT2D eigenvalue weighted by Crippen LogP contribution is 2.35. The molecule has 0 aromatic rings. The van der Waals surface area contributed by atoms with Gasteiger partial charge in [-0.05, 0) is 19.4 Å². The number of rotatable bonds is 4. The fraction of sp³-hybridized carbons (Fsp3) is 1.00. The molecule has 0 saturated carbocycles. The second-order valence-electron chi connectivity index (χ2n) is 4.66. The highest BCUT2D eigenvalue weighted by molar-refractivity contribution is 4.91. The standard InChI is InChI=1S/C10H17N3O5/c1-10(2)17-7-6(14)5-16-9(8(7)18-10)15-4-3-12-13-11/h6-9,14H,3-5H2,1-2H3/t6-,7+,8?,9-/m1/s1. The molecule has 1 unspecified atom stereocenters. The number of hydrogen-bond acceptors (Lipinski definition) is 6. The first kappa shape index (κ1) is 13.5. The van der Waals surface area contributed by atoms with Crippen molar-refractivity contribution in [1.29, 1.82) is 0 Å². The van der Waals surface area contributed by atoms with Gasteiger partial charge in [0.15, 0.2) is 12.1 Å². The van der Waals surface area contributed by atoms with Gasteiger partial charge in [0.1, 0.15) is 18.3 Å². The molecular formula is C10H17N3O5. The van der Waals surface area contributed by atoms with Crippen molar-refractivity contribution in [1.82, 2.24) is 0 Å². The van der Waals surface area contributed by atoms with Crippen LogP contribution in [0.15, 0.2) is 5.11 Å². The van der Waals surface area contributed by atoms with Crippen molar-refractivity contribution in [3.05, 3.63) is 10.4 Å². The summed E-state index contributed by atoms with van der Waals surface area (Å²) in [7, 11) is 0. The third-order valence-electron chi connectivity index (χ3n) is 2.78. The molecule has 8 nitrogen and oxygen atoms in total. The first-order valence-electron chi connectivity index (χ1n) is 5.81. The van der Waals surface area contributed by atoms with Gasteiger partial charge in [-0.2, -0.15) is 0 Å². The maximum Gasteiger partial charge on any atom is 0.186 e. The van der Waals surface area contributed by atoms with Crippen LogP contribution in [0, 0.1) is 0 Å². The van der Waals surface area contributed by atoms with E-state index in [-0.39, 0.29) is 19.8 Å². The van der Waals surface area contributed by atoms with Crippen molar-refractivity contribution in [2.24, 2.45) is 5.11 Å². The number of hydrogen-bond donors (Lipinski definition) is 1. The highest BCUT2D eigenvalue weighted by Gasteiger charge is 2.52. The van der Waals surface area contributed by atoms with Gasteiger partial charge in [-0.25, -0.2) is 0 Å². The molecular weight excluding hydrogens is 242 g/mol. The summed E-state index contributed by atoms with van der Waals surface area (Å²) in [6.07, 6.45) is -2.28. The number of fused-ring (bicyclic) bond motifs is 1. The molecule has 2 fully saturated rings. The van der Waals surface area contributed by atoms with Crippen molar-refractivity contribution in [3.63, 3.8) is 0 Å². The predicted molar refractivity (Wildman–Crippen MR) is 59.5 cm³/mol. The fourth-order valence-electron chi connectivity index (χ4n) is 2.11. The molecule has 4 atom stereocenters. The Morgan fingerprint density at radius 2 is 2.17 bits per heavy atom. The number of aliphatic hydroxyl groups excluding tert-OH is 1. The van der Waals surface area contributed by atoms with Crippen molar-refractivity contribution in [2.45, 2.75) is 44.2 Å². The van der Waals surface area contributed by atoms with Gasteiger partial charge in [-0.3, -0.25) is 0 Å². The van der Waals surface area contributed by atoms with Gasteiger partial charge in [-0.15, -0.1) is 0 Å². The monoisotopic (exact) mass is 259 g/mol. The molecule has 2 heterocycles. The van der Waals surface area contributed by atoms with E-state index in [4.69, 9.17) is 24.5 Å². The second-order valence-corrected chi connectivity index (χ2v) is 4.66. The summed E-state index contributed by atoms with van der Waals surface area (Å²) in [5.41, 5.74) is 8.15. The Bertz CT molecular complexity index is 344. The normalized spacial score (nSPS) is 37.9. The molecule has 2 aliphatic rings. The fourth-order valence-corrected chi connectivity index (χ4v) is 2.11. The lowest BCUT2D eigenvalue weighted by molar-refractivity contribution is -0.246. The third-order valence-corrected chi connectivity index (χ3v) is 2.78. The van der Waals surface area contributed by atoms with Crippen LogP contribution in [0.1, 0.15) is 13.8 Å². The molecule has 18 heavy (non-hydrogen) atoms. The molecule has 0 radical (unpaired) electrons. The Hall–Kier alpha value is -0.890. The zero-order valence-electron chi connectivity index (χ0n) is 10.4. The number of azide groups is 1. The summed E-state index contributed by atoms with van der Waals surface area (Å²) in [4.78, 5) is 2.63. The minimum absolute atomic E-state index is 0.132. The van der Waals surface area contributed by atoms with Crippen LogP contribution < -0.4 is 0 Å². The van der Waals surface area contributed by atoms with Crippen LogP contribution in [0.5, 0.6) is 0 Å². The molecule has 0 aromatic carbocycles. The van der Waals surface area contributed by atoms with Gasteiger partial charge in [0.05, 0.1) is 13.2 Å². The van der Waals surface area contributed by atoms with Crippen molar-refractivity contribution in [3.8, 4) is 0 Å². The van der Waals surface area contributed by atoms with Crippen LogP contribution in [0.4, 0.5) is 0 Å². The molecule has 102 valence electrons. The Labute approximate surface area is 104 Å². The first-order chi connectivity index (χ1) is 8.53. The van der Waals surface area contributed by atoms with E-state index in [1.54, 1.807) is 13.8 Å². The largest absolute Gasteiger partial charge is 0.388 e. The first-order valence-corrected chi connectivity index (χ1v) is 5.81. The van der Waals surface area contributed by atoms with Crippen LogP contribution in [0.2, 0.25) is 0 Å². The highest BCUT2D eigenvalue weighted by atomic mass is 16.8. The van der Waals surface area contributed by atoms with E-state index in [9.17, 15) is 5.11 Å². The molecule has 2 aliphatic heterocycles. The van der Waals surface area contributed by atoms with E-state index >= 15 is 0 Å². The van der Waals surface area contributed by atoms with E-state index < -0.39 is 30.4 Å². The molecule has 2 rings (SSSR count). The molecule has 2 saturated heterocycles. The topological polar surface area (TPSA) is 106 Å². The second kappa shape index (κ2) is 5.40. The van der Waals surface area contributed by atoms with Crippen molar-refractivity contribution < 1.29 is 24.1 Å².